The molecule has 8 heteroatoms. The molecule has 4 aromatic rings. The van der Waals surface area contributed by atoms with Crippen molar-refractivity contribution in [3.63, 3.8) is 0 Å². The highest BCUT2D eigenvalue weighted by atomic mass is 32.1. The van der Waals surface area contributed by atoms with Crippen molar-refractivity contribution < 1.29 is 13.9 Å². The van der Waals surface area contributed by atoms with Gasteiger partial charge in [0.2, 0.25) is 0 Å². The first-order valence-electron chi connectivity index (χ1n) is 9.84. The number of carbonyl (C=O) groups is 1. The number of nitrogens with zero attached hydrogens (tertiary/aromatic N) is 3. The van der Waals surface area contributed by atoms with Gasteiger partial charge < -0.3 is 4.74 Å². The summed E-state index contributed by atoms with van der Waals surface area (Å²) in [6, 6.07) is 11.3. The van der Waals surface area contributed by atoms with E-state index < -0.39 is 0 Å². The molecule has 2 heterocycles. The number of hydrogen-bond donors (Lipinski definition) is 0. The fraction of sp³-hybridized carbons (Fsp3) is 0.217. The van der Waals surface area contributed by atoms with Crippen LogP contribution < -0.4 is 5.56 Å². The number of ether oxygens (including phenoxy) is 1. The Kier molecular flexibility index (Phi) is 6.18. The number of unbranched alkanes of at least 4 members (excludes halogenated alkanes) is 1. The van der Waals surface area contributed by atoms with Crippen LogP contribution in [0.2, 0.25) is 0 Å². The van der Waals surface area contributed by atoms with Crippen LogP contribution in [-0.4, -0.2) is 27.6 Å². The lowest BCUT2D eigenvalue weighted by Crippen LogP contribution is -2.24. The number of halogens is 1. The summed E-state index contributed by atoms with van der Waals surface area (Å²) in [7, 11) is 1.36. The van der Waals surface area contributed by atoms with Crippen molar-refractivity contribution >= 4 is 28.2 Å². The maximum Gasteiger partial charge on any atom is 0.305 e. The molecule has 158 valence electrons. The third kappa shape index (κ3) is 4.54. The van der Waals surface area contributed by atoms with Gasteiger partial charge in [-0.3, -0.25) is 19.1 Å². The number of fused-ring (bicyclic) bond motifs is 1. The van der Waals surface area contributed by atoms with Crippen molar-refractivity contribution in [2.24, 2.45) is 0 Å². The molecule has 0 unspecified atom stereocenters. The Labute approximate surface area is 182 Å². The van der Waals surface area contributed by atoms with Crippen molar-refractivity contribution in [1.29, 1.82) is 0 Å². The van der Waals surface area contributed by atoms with Gasteiger partial charge in [0.15, 0.2) is 0 Å². The smallest absolute Gasteiger partial charge is 0.305 e. The van der Waals surface area contributed by atoms with E-state index in [2.05, 4.69) is 9.72 Å². The Hall–Kier alpha value is -3.39. The summed E-state index contributed by atoms with van der Waals surface area (Å²) in [5.74, 6) is -0.0774. The number of hydrogen-bond acceptors (Lipinski definition) is 6. The fourth-order valence-electron chi connectivity index (χ4n) is 3.42. The molecule has 6 nitrogen and oxygen atoms in total. The van der Waals surface area contributed by atoms with Gasteiger partial charge in [-0.1, -0.05) is 6.07 Å². The van der Waals surface area contributed by atoms with E-state index in [9.17, 15) is 14.0 Å². The van der Waals surface area contributed by atoms with Crippen LogP contribution in [0, 0.1) is 5.82 Å². The summed E-state index contributed by atoms with van der Waals surface area (Å²) in [5, 5.41) is 0.482. The van der Waals surface area contributed by atoms with Crippen LogP contribution in [0.15, 0.2) is 59.0 Å². The van der Waals surface area contributed by atoms with E-state index in [-0.39, 0.29) is 17.3 Å². The van der Waals surface area contributed by atoms with E-state index in [1.54, 1.807) is 29.9 Å². The van der Waals surface area contributed by atoms with E-state index in [0.717, 1.165) is 10.4 Å². The van der Waals surface area contributed by atoms with E-state index >= 15 is 0 Å². The maximum absolute atomic E-state index is 13.4. The molecular weight excluding hydrogens is 417 g/mol. The monoisotopic (exact) mass is 437 g/mol. The third-order valence-corrected chi connectivity index (χ3v) is 5.82. The van der Waals surface area contributed by atoms with Crippen LogP contribution >= 0.6 is 11.3 Å². The largest absolute Gasteiger partial charge is 0.469 e. The molecule has 0 radical (unpaired) electrons. The second-order valence-corrected chi connectivity index (χ2v) is 7.91. The zero-order valence-corrected chi connectivity index (χ0v) is 17.7. The van der Waals surface area contributed by atoms with Gasteiger partial charge in [-0.25, -0.2) is 9.37 Å². The Morgan fingerprint density at radius 3 is 2.68 bits per heavy atom. The minimum absolute atomic E-state index is 0.213. The van der Waals surface area contributed by atoms with Gasteiger partial charge in [0, 0.05) is 19.0 Å². The lowest BCUT2D eigenvalue weighted by atomic mass is 10.1. The lowest BCUT2D eigenvalue weighted by molar-refractivity contribution is -0.140. The van der Waals surface area contributed by atoms with Crippen molar-refractivity contribution in [2.45, 2.75) is 25.7 Å². The van der Waals surface area contributed by atoms with Crippen LogP contribution in [0.25, 0.3) is 27.0 Å². The molecule has 0 aliphatic rings. The van der Waals surface area contributed by atoms with Gasteiger partial charge in [0.1, 0.15) is 11.6 Å². The molecule has 31 heavy (non-hydrogen) atoms. The molecule has 0 aliphatic heterocycles. The molecule has 0 saturated carbocycles. The van der Waals surface area contributed by atoms with Crippen LogP contribution in [-0.2, 0) is 16.0 Å². The molecule has 2 aromatic carbocycles. The molecule has 0 bridgehead atoms. The average Bonchev–Trinajstić information content (AvgIpc) is 3.32. The number of aryl methyl sites for hydroxylation is 1. The number of aromatic nitrogens is 3. The van der Waals surface area contributed by atoms with E-state index in [1.165, 1.54) is 35.1 Å². The first kappa shape index (κ1) is 20.9. The maximum atomic E-state index is 13.4. The highest BCUT2D eigenvalue weighted by Crippen LogP contribution is 2.26. The molecule has 0 atom stereocenters. The van der Waals surface area contributed by atoms with Crippen molar-refractivity contribution in [3.05, 3.63) is 76.2 Å². The summed E-state index contributed by atoms with van der Waals surface area (Å²) < 4.78 is 19.6. The predicted octanol–water partition coefficient (Wildman–Crippen LogP) is 4.53. The summed E-state index contributed by atoms with van der Waals surface area (Å²) >= 11 is 1.51. The third-order valence-electron chi connectivity index (χ3n) is 5.00. The van der Waals surface area contributed by atoms with Gasteiger partial charge >= 0.3 is 5.97 Å². The molecule has 0 spiro atoms. The van der Waals surface area contributed by atoms with Crippen LogP contribution in [0.4, 0.5) is 4.39 Å². The Balaban J connectivity index is 1.77. The van der Waals surface area contributed by atoms with Gasteiger partial charge in [-0.05, 0) is 54.8 Å². The average molecular weight is 437 g/mol. The van der Waals surface area contributed by atoms with E-state index in [0.29, 0.717) is 48.1 Å². The van der Waals surface area contributed by atoms with Crippen LogP contribution in [0.1, 0.15) is 25.1 Å². The number of esters is 1. The lowest BCUT2D eigenvalue weighted by Gasteiger charge is -2.14. The second-order valence-electron chi connectivity index (χ2n) is 7.03. The number of benzene rings is 2. The highest BCUT2D eigenvalue weighted by Gasteiger charge is 2.14. The first-order valence-corrected chi connectivity index (χ1v) is 10.7. The molecule has 2 aromatic heterocycles. The second kappa shape index (κ2) is 9.18. The van der Waals surface area contributed by atoms with Crippen LogP contribution in [0.3, 0.4) is 0 Å². The number of rotatable bonds is 7. The van der Waals surface area contributed by atoms with Crippen LogP contribution in [0.5, 0.6) is 0 Å². The minimum atomic E-state index is -0.376. The summed E-state index contributed by atoms with van der Waals surface area (Å²) in [6.45, 7) is 0. The Bertz CT molecular complexity index is 1270. The first-order chi connectivity index (χ1) is 15.1. The fourth-order valence-corrected chi connectivity index (χ4v) is 4.04. The quantitative estimate of drug-likeness (QED) is 0.314. The van der Waals surface area contributed by atoms with Crippen molar-refractivity contribution in [1.82, 2.24) is 14.5 Å². The van der Waals surface area contributed by atoms with Crippen molar-refractivity contribution in [3.8, 4) is 16.1 Å². The summed E-state index contributed by atoms with van der Waals surface area (Å²) in [4.78, 5) is 34.6. The SMILES string of the molecule is COC(=O)CCCCc1nc2cc(-c3cncs3)ccc2c(=O)n1-c1ccc(F)cc1. The molecule has 0 fully saturated rings. The Morgan fingerprint density at radius 2 is 1.97 bits per heavy atom. The van der Waals surface area contributed by atoms with Crippen molar-refractivity contribution in [2.75, 3.05) is 7.11 Å². The normalized spacial score (nSPS) is 11.0. The standard InChI is InChI=1S/C23H20FN3O3S/c1-30-22(28)5-3-2-4-21-26-19-12-15(20-13-25-14-31-20)6-11-18(19)23(29)27(21)17-9-7-16(24)8-10-17/h6-14H,2-5H2,1H3. The number of methoxy groups -OCH3 is 1. The molecule has 0 aliphatic carbocycles. The number of thiazole rings is 1. The zero-order chi connectivity index (χ0) is 21.8. The van der Waals surface area contributed by atoms with Gasteiger partial charge in [0.25, 0.3) is 5.56 Å². The highest BCUT2D eigenvalue weighted by molar-refractivity contribution is 7.13. The Morgan fingerprint density at radius 1 is 1.16 bits per heavy atom. The van der Waals surface area contributed by atoms with Gasteiger partial charge in [-0.15, -0.1) is 11.3 Å². The van der Waals surface area contributed by atoms with E-state index in [1.807, 2.05) is 12.1 Å². The molecule has 4 rings (SSSR count). The summed E-state index contributed by atoms with van der Waals surface area (Å²) in [6.07, 6.45) is 3.84. The topological polar surface area (TPSA) is 74.1 Å². The van der Waals surface area contributed by atoms with Gasteiger partial charge in [0.05, 0.1) is 34.1 Å². The minimum Gasteiger partial charge on any atom is -0.469 e. The zero-order valence-electron chi connectivity index (χ0n) is 16.9. The van der Waals surface area contributed by atoms with E-state index in [4.69, 9.17) is 4.98 Å². The number of carbonyl (C=O) groups excluding carboxylic acids is 1. The van der Waals surface area contributed by atoms with Gasteiger partial charge in [-0.2, -0.15) is 0 Å². The molecular formula is C23H20FN3O3S. The molecule has 0 amide bonds. The predicted molar refractivity (Wildman–Crippen MR) is 118 cm³/mol. The summed E-state index contributed by atoms with van der Waals surface area (Å²) in [5.41, 5.74) is 3.63. The molecule has 0 saturated heterocycles. The molecule has 0 N–H and O–H groups in total.